The van der Waals surface area contributed by atoms with Gasteiger partial charge in [0.2, 0.25) is 16.1 Å². The molecule has 1 aromatic rings. The Labute approximate surface area is 153 Å². The van der Waals surface area contributed by atoms with E-state index in [0.29, 0.717) is 18.5 Å². The van der Waals surface area contributed by atoms with Crippen molar-refractivity contribution in [2.75, 3.05) is 13.2 Å². The standard InChI is InChI=1S/C18H23NO6S/c1-12-6-7-14(26(22,23)19-9-4-3-5-13(19)2)11-15(12)17(20)25-16-8-10-24-18(16)21/h6-7,11,13,16H,3-5,8-10H2,1-2H3/t13-,16+/m0/s1. The van der Waals surface area contributed by atoms with Crippen LogP contribution in [-0.4, -0.2) is 50.0 Å². The Morgan fingerprint density at radius 1 is 1.27 bits per heavy atom. The highest BCUT2D eigenvalue weighted by Crippen LogP contribution is 2.27. The van der Waals surface area contributed by atoms with Gasteiger partial charge in [-0.15, -0.1) is 0 Å². The molecule has 0 N–H and O–H groups in total. The summed E-state index contributed by atoms with van der Waals surface area (Å²) in [6, 6.07) is 4.37. The van der Waals surface area contributed by atoms with Crippen molar-refractivity contribution in [3.8, 4) is 0 Å². The minimum Gasteiger partial charge on any atom is -0.463 e. The largest absolute Gasteiger partial charge is 0.463 e. The van der Waals surface area contributed by atoms with Crippen LogP contribution in [0.4, 0.5) is 0 Å². The number of esters is 2. The Hall–Kier alpha value is -1.93. The first-order valence-corrected chi connectivity index (χ1v) is 10.2. The average molecular weight is 381 g/mol. The molecule has 26 heavy (non-hydrogen) atoms. The van der Waals surface area contributed by atoms with Crippen LogP contribution in [0.2, 0.25) is 0 Å². The maximum atomic E-state index is 13.0. The fraction of sp³-hybridized carbons (Fsp3) is 0.556. The molecule has 0 aromatic heterocycles. The lowest BCUT2D eigenvalue weighted by molar-refractivity contribution is -0.145. The first-order valence-electron chi connectivity index (χ1n) is 8.81. The van der Waals surface area contributed by atoms with Gasteiger partial charge in [0, 0.05) is 19.0 Å². The monoisotopic (exact) mass is 381 g/mol. The lowest BCUT2D eigenvalue weighted by Gasteiger charge is -2.32. The van der Waals surface area contributed by atoms with E-state index >= 15 is 0 Å². The summed E-state index contributed by atoms with van der Waals surface area (Å²) < 4.78 is 37.4. The van der Waals surface area contributed by atoms with E-state index in [4.69, 9.17) is 9.47 Å². The SMILES string of the molecule is Cc1ccc(S(=O)(=O)N2CCCC[C@@H]2C)cc1C(=O)O[C@@H]1CCOC1=O. The van der Waals surface area contributed by atoms with Gasteiger partial charge in [-0.3, -0.25) is 0 Å². The number of carbonyl (C=O) groups is 2. The topological polar surface area (TPSA) is 90.0 Å². The fourth-order valence-corrected chi connectivity index (χ4v) is 5.05. The van der Waals surface area contributed by atoms with Gasteiger partial charge in [-0.25, -0.2) is 18.0 Å². The zero-order valence-corrected chi connectivity index (χ0v) is 15.8. The first-order chi connectivity index (χ1) is 12.3. The average Bonchev–Trinajstić information content (AvgIpc) is 3.00. The van der Waals surface area contributed by atoms with Crippen molar-refractivity contribution in [1.82, 2.24) is 4.31 Å². The van der Waals surface area contributed by atoms with Crippen LogP contribution in [0.1, 0.15) is 48.5 Å². The molecular weight excluding hydrogens is 358 g/mol. The molecular formula is C18H23NO6S. The number of nitrogens with zero attached hydrogens (tertiary/aromatic N) is 1. The molecule has 0 saturated carbocycles. The van der Waals surface area contributed by atoms with Gasteiger partial charge < -0.3 is 9.47 Å². The Morgan fingerprint density at radius 2 is 2.04 bits per heavy atom. The summed E-state index contributed by atoms with van der Waals surface area (Å²) in [6.45, 7) is 4.29. The third-order valence-corrected chi connectivity index (χ3v) is 6.92. The molecule has 0 amide bonds. The van der Waals surface area contributed by atoms with E-state index in [1.54, 1.807) is 13.0 Å². The second-order valence-corrected chi connectivity index (χ2v) is 8.68. The molecule has 0 unspecified atom stereocenters. The number of hydrogen-bond acceptors (Lipinski definition) is 6. The van der Waals surface area contributed by atoms with Gasteiger partial charge >= 0.3 is 11.9 Å². The number of sulfonamides is 1. The molecule has 0 bridgehead atoms. The van der Waals surface area contributed by atoms with Crippen molar-refractivity contribution in [2.45, 2.75) is 56.6 Å². The van der Waals surface area contributed by atoms with Crippen LogP contribution in [0.3, 0.4) is 0 Å². The molecule has 0 aliphatic carbocycles. The summed E-state index contributed by atoms with van der Waals surface area (Å²) in [6.07, 6.45) is 2.05. The van der Waals surface area contributed by atoms with Crippen molar-refractivity contribution < 1.29 is 27.5 Å². The minimum absolute atomic E-state index is 0.0674. The predicted octanol–water partition coefficient (Wildman–Crippen LogP) is 2.03. The molecule has 2 heterocycles. The van der Waals surface area contributed by atoms with Crippen LogP contribution in [-0.2, 0) is 24.3 Å². The molecule has 0 spiro atoms. The van der Waals surface area contributed by atoms with Crippen LogP contribution in [0.15, 0.2) is 23.1 Å². The molecule has 142 valence electrons. The summed E-state index contributed by atoms with van der Waals surface area (Å²) in [5, 5.41) is 0. The molecule has 2 fully saturated rings. The molecule has 8 heteroatoms. The van der Waals surface area contributed by atoms with Crippen LogP contribution < -0.4 is 0 Å². The second kappa shape index (κ2) is 7.36. The number of aryl methyl sites for hydroxylation is 1. The number of benzene rings is 1. The van der Waals surface area contributed by atoms with E-state index in [1.165, 1.54) is 16.4 Å². The van der Waals surface area contributed by atoms with Crippen molar-refractivity contribution in [2.24, 2.45) is 0 Å². The van der Waals surface area contributed by atoms with Gasteiger partial charge in [-0.1, -0.05) is 12.5 Å². The van der Waals surface area contributed by atoms with Gasteiger partial charge in [0.1, 0.15) is 0 Å². The molecule has 2 aliphatic rings. The third kappa shape index (κ3) is 3.61. The Bertz CT molecular complexity index is 819. The van der Waals surface area contributed by atoms with E-state index in [-0.39, 0.29) is 23.1 Å². The van der Waals surface area contributed by atoms with Crippen LogP contribution >= 0.6 is 0 Å². The summed E-state index contributed by atoms with van der Waals surface area (Å²) in [7, 11) is -3.69. The number of piperidine rings is 1. The maximum Gasteiger partial charge on any atom is 0.347 e. The lowest BCUT2D eigenvalue weighted by Crippen LogP contribution is -2.42. The van der Waals surface area contributed by atoms with Crippen molar-refractivity contribution >= 4 is 22.0 Å². The molecule has 0 radical (unpaired) electrons. The number of hydrogen-bond donors (Lipinski definition) is 0. The zero-order valence-electron chi connectivity index (χ0n) is 14.9. The first kappa shape index (κ1) is 18.8. The van der Waals surface area contributed by atoms with E-state index in [2.05, 4.69) is 0 Å². The molecule has 2 atom stereocenters. The number of cyclic esters (lactones) is 1. The van der Waals surface area contributed by atoms with E-state index in [1.807, 2.05) is 6.92 Å². The van der Waals surface area contributed by atoms with Crippen molar-refractivity contribution in [1.29, 1.82) is 0 Å². The number of ether oxygens (including phenoxy) is 2. The van der Waals surface area contributed by atoms with Crippen LogP contribution in [0, 0.1) is 6.92 Å². The van der Waals surface area contributed by atoms with E-state index in [0.717, 1.165) is 19.3 Å². The zero-order chi connectivity index (χ0) is 18.9. The summed E-state index contributed by atoms with van der Waals surface area (Å²) >= 11 is 0. The number of carbonyl (C=O) groups excluding carboxylic acids is 2. The van der Waals surface area contributed by atoms with Gasteiger partial charge in [0.25, 0.3) is 0 Å². The molecule has 1 aromatic carbocycles. The summed E-state index contributed by atoms with van der Waals surface area (Å²) in [5.41, 5.74) is 0.738. The van der Waals surface area contributed by atoms with E-state index in [9.17, 15) is 18.0 Å². The molecule has 2 saturated heterocycles. The molecule has 7 nitrogen and oxygen atoms in total. The minimum atomic E-state index is -3.69. The molecule has 2 aliphatic heterocycles. The fourth-order valence-electron chi connectivity index (χ4n) is 3.32. The highest BCUT2D eigenvalue weighted by atomic mass is 32.2. The quantitative estimate of drug-likeness (QED) is 0.742. The van der Waals surface area contributed by atoms with Crippen molar-refractivity contribution in [3.05, 3.63) is 29.3 Å². The second-order valence-electron chi connectivity index (χ2n) is 6.79. The Morgan fingerprint density at radius 3 is 2.69 bits per heavy atom. The third-order valence-electron chi connectivity index (χ3n) is 4.91. The van der Waals surface area contributed by atoms with Crippen LogP contribution in [0.5, 0.6) is 0 Å². The van der Waals surface area contributed by atoms with Gasteiger partial charge in [0.15, 0.2) is 0 Å². The van der Waals surface area contributed by atoms with Crippen LogP contribution in [0.25, 0.3) is 0 Å². The number of rotatable bonds is 4. The van der Waals surface area contributed by atoms with Gasteiger partial charge in [0.05, 0.1) is 17.1 Å². The molecule has 3 rings (SSSR count). The van der Waals surface area contributed by atoms with E-state index < -0.39 is 28.1 Å². The van der Waals surface area contributed by atoms with Gasteiger partial charge in [-0.05, 0) is 44.4 Å². The normalized spacial score (nSPS) is 24.3. The van der Waals surface area contributed by atoms with Gasteiger partial charge in [-0.2, -0.15) is 4.31 Å². The predicted molar refractivity (Wildman–Crippen MR) is 93.2 cm³/mol. The summed E-state index contributed by atoms with van der Waals surface area (Å²) in [4.78, 5) is 24.0. The Kier molecular flexibility index (Phi) is 5.34. The smallest absolute Gasteiger partial charge is 0.347 e. The highest BCUT2D eigenvalue weighted by molar-refractivity contribution is 7.89. The lowest BCUT2D eigenvalue weighted by atomic mass is 10.1. The highest BCUT2D eigenvalue weighted by Gasteiger charge is 2.33. The Balaban J connectivity index is 1.87. The van der Waals surface area contributed by atoms with Crippen molar-refractivity contribution in [3.63, 3.8) is 0 Å². The maximum absolute atomic E-state index is 13.0. The summed E-state index contributed by atoms with van der Waals surface area (Å²) in [5.74, 6) is -1.28.